The Morgan fingerprint density at radius 3 is 1.16 bits per heavy atom. The van der Waals surface area contributed by atoms with Gasteiger partial charge in [0.1, 0.15) is 42.1 Å². The molecule has 0 radical (unpaired) electrons. The van der Waals surface area contributed by atoms with Crippen LogP contribution in [0.3, 0.4) is 0 Å². The van der Waals surface area contributed by atoms with E-state index in [2.05, 4.69) is 10.6 Å². The maximum absolute atomic E-state index is 11.7. The Morgan fingerprint density at radius 2 is 0.857 bits per heavy atom. The number of esters is 3. The molecule has 3 atom stereocenters. The maximum atomic E-state index is 11.7. The Kier molecular flexibility index (Phi) is 27.6. The third kappa shape index (κ3) is 33.4. The third-order valence-electron chi connectivity index (χ3n) is 7.21. The number of halogens is 1. The first-order valence-corrected chi connectivity index (χ1v) is 19.7. The van der Waals surface area contributed by atoms with Gasteiger partial charge in [-0.1, -0.05) is 60.7 Å². The molecule has 0 saturated carbocycles. The van der Waals surface area contributed by atoms with Gasteiger partial charge in [0, 0.05) is 19.3 Å². The molecule has 0 saturated heterocycles. The van der Waals surface area contributed by atoms with Gasteiger partial charge in [0.2, 0.25) is 11.8 Å². The number of primary amides is 2. The molecule has 0 unspecified atom stereocenters. The molecule has 0 aromatic heterocycles. The first-order chi connectivity index (χ1) is 28.6. The first-order valence-electron chi connectivity index (χ1n) is 19.7. The standard InChI is InChI=1S/C17H24N2O5.C17H23NO6.C9H18N2O3.ClH/c1-17(2,3)24-14(20)10-9-13(15(18)21)19-16(22)23-11-12-7-5-4-6-8-12;1-17(2,3)24-14(19)10-9-13(15(20)21)18-16(22)23-11-12-7-5-4-6-8-12;1-9(2,3)14-7(12)5-4-6(10)8(11)13;/h4-8,13H,9-11H2,1-3H3,(H2,18,21)(H,19,22);4-8,13H,9-11H2,1-3H3,(H,18,22)(H,20,21);6H,4-5,10H2,1-3H3,(H2,11,13);1H/t2*13-;6-;/m000./s1. The third-order valence-corrected chi connectivity index (χ3v) is 7.21. The van der Waals surface area contributed by atoms with Crippen molar-refractivity contribution in [2.45, 2.75) is 149 Å². The van der Waals surface area contributed by atoms with E-state index in [1.807, 2.05) is 24.3 Å². The minimum absolute atomic E-state index is 0. The van der Waals surface area contributed by atoms with Crippen molar-refractivity contribution in [2.75, 3.05) is 0 Å². The summed E-state index contributed by atoms with van der Waals surface area (Å²) < 4.78 is 25.3. The number of carboxylic acid groups (broad SMARTS) is 1. The molecule has 0 aliphatic carbocycles. The van der Waals surface area contributed by atoms with Crippen molar-refractivity contribution in [2.24, 2.45) is 17.2 Å². The molecule has 0 spiro atoms. The SMILES string of the molecule is CC(C)(C)OC(=O)CC[C@H](N)C(N)=O.CC(C)(C)OC(=O)CC[C@H](NC(=O)OCc1ccccc1)C(=O)O.CC(C)(C)OC(=O)CC[C@H](NC(=O)OCc1ccccc1)C(N)=O.Cl. The Labute approximate surface area is 375 Å². The maximum Gasteiger partial charge on any atom is 0.408 e. The predicted octanol–water partition coefficient (Wildman–Crippen LogP) is 4.72. The second-order valence-corrected chi connectivity index (χ2v) is 16.6. The highest BCUT2D eigenvalue weighted by Crippen LogP contribution is 2.13. The van der Waals surface area contributed by atoms with Crippen LogP contribution in [0.5, 0.6) is 0 Å². The highest BCUT2D eigenvalue weighted by atomic mass is 35.5. The van der Waals surface area contributed by atoms with Crippen LogP contribution in [0.4, 0.5) is 9.59 Å². The number of hydrogen-bond donors (Lipinski definition) is 6. The van der Waals surface area contributed by atoms with Crippen molar-refractivity contribution in [1.82, 2.24) is 10.6 Å². The van der Waals surface area contributed by atoms with Crippen molar-refractivity contribution < 1.29 is 67.1 Å². The summed E-state index contributed by atoms with van der Waals surface area (Å²) >= 11 is 0. The summed E-state index contributed by atoms with van der Waals surface area (Å²) in [5.41, 5.74) is 15.4. The number of amides is 4. The molecule has 0 aliphatic heterocycles. The zero-order valence-corrected chi connectivity index (χ0v) is 38.4. The van der Waals surface area contributed by atoms with Gasteiger partial charge in [-0.25, -0.2) is 14.4 Å². The summed E-state index contributed by atoms with van der Waals surface area (Å²) in [7, 11) is 0. The van der Waals surface area contributed by atoms with Crippen LogP contribution in [-0.2, 0) is 65.7 Å². The van der Waals surface area contributed by atoms with Crippen LogP contribution in [0, 0.1) is 0 Å². The predicted molar refractivity (Wildman–Crippen MR) is 234 cm³/mol. The van der Waals surface area contributed by atoms with Gasteiger partial charge in [-0.3, -0.25) is 24.0 Å². The lowest BCUT2D eigenvalue weighted by molar-refractivity contribution is -0.156. The van der Waals surface area contributed by atoms with E-state index in [0.717, 1.165) is 11.1 Å². The minimum atomic E-state index is -1.24. The van der Waals surface area contributed by atoms with Crippen molar-refractivity contribution in [3.8, 4) is 0 Å². The molecule has 0 aliphatic rings. The summed E-state index contributed by atoms with van der Waals surface area (Å²) in [5, 5.41) is 13.7. The fourth-order valence-electron chi connectivity index (χ4n) is 4.47. The van der Waals surface area contributed by atoms with E-state index in [1.165, 1.54) is 0 Å². The van der Waals surface area contributed by atoms with Crippen LogP contribution < -0.4 is 27.8 Å². The van der Waals surface area contributed by atoms with Crippen LogP contribution in [0.2, 0.25) is 0 Å². The Bertz CT molecular complexity index is 1640. The molecule has 0 heterocycles. The largest absolute Gasteiger partial charge is 0.480 e. The molecule has 20 heteroatoms. The van der Waals surface area contributed by atoms with E-state index < -0.39 is 76.8 Å². The van der Waals surface area contributed by atoms with E-state index in [9.17, 15) is 38.4 Å². The molecule has 354 valence electrons. The molecule has 0 bridgehead atoms. The number of nitrogens with two attached hydrogens (primary N) is 3. The Morgan fingerprint density at radius 1 is 0.540 bits per heavy atom. The number of hydrogen-bond acceptors (Lipinski definition) is 14. The average molecular weight is 912 g/mol. The lowest BCUT2D eigenvalue weighted by Gasteiger charge is -2.20. The van der Waals surface area contributed by atoms with Crippen LogP contribution in [0.1, 0.15) is 112 Å². The lowest BCUT2D eigenvalue weighted by Crippen LogP contribution is -2.45. The van der Waals surface area contributed by atoms with Gasteiger partial charge in [0.05, 0.1) is 6.04 Å². The number of nitrogens with one attached hydrogen (secondary N) is 2. The van der Waals surface area contributed by atoms with Gasteiger partial charge < -0.3 is 56.6 Å². The quantitative estimate of drug-likeness (QED) is 0.0871. The monoisotopic (exact) mass is 911 g/mol. The molecule has 63 heavy (non-hydrogen) atoms. The van der Waals surface area contributed by atoms with E-state index >= 15 is 0 Å². The van der Waals surface area contributed by atoms with Crippen LogP contribution in [0.15, 0.2) is 60.7 Å². The van der Waals surface area contributed by atoms with Gasteiger partial charge in [0.25, 0.3) is 0 Å². The molecular weight excluding hydrogens is 846 g/mol. The van der Waals surface area contributed by atoms with Gasteiger partial charge in [-0.05, 0) is 92.7 Å². The van der Waals surface area contributed by atoms with Crippen LogP contribution >= 0.6 is 12.4 Å². The number of carbonyl (C=O) groups is 8. The second-order valence-electron chi connectivity index (χ2n) is 16.6. The van der Waals surface area contributed by atoms with Crippen molar-refractivity contribution >= 4 is 60.3 Å². The fraction of sp³-hybridized carbons (Fsp3) is 0.535. The number of aliphatic carboxylic acids is 1. The van der Waals surface area contributed by atoms with Crippen molar-refractivity contribution in [3.05, 3.63) is 71.8 Å². The van der Waals surface area contributed by atoms with Gasteiger partial charge >= 0.3 is 36.1 Å². The summed E-state index contributed by atoms with van der Waals surface area (Å²) in [6.45, 7) is 15.8. The zero-order chi connectivity index (χ0) is 47.7. The Balaban J connectivity index is 0. The van der Waals surface area contributed by atoms with Crippen LogP contribution in [-0.4, -0.2) is 87.9 Å². The molecule has 19 nitrogen and oxygen atoms in total. The second kappa shape index (κ2) is 29.4. The smallest absolute Gasteiger partial charge is 0.408 e. The van der Waals surface area contributed by atoms with Gasteiger partial charge in [-0.15, -0.1) is 12.4 Å². The molecule has 4 amide bonds. The highest BCUT2D eigenvalue weighted by molar-refractivity contribution is 5.86. The van der Waals surface area contributed by atoms with Gasteiger partial charge in [0.15, 0.2) is 0 Å². The summed E-state index contributed by atoms with van der Waals surface area (Å²) in [4.78, 5) is 91.0. The van der Waals surface area contributed by atoms with E-state index in [4.69, 9.17) is 46.0 Å². The zero-order valence-electron chi connectivity index (χ0n) is 37.6. The van der Waals surface area contributed by atoms with Crippen molar-refractivity contribution in [3.63, 3.8) is 0 Å². The number of ether oxygens (including phenoxy) is 5. The van der Waals surface area contributed by atoms with E-state index in [0.29, 0.717) is 0 Å². The molecule has 0 fully saturated rings. The van der Waals surface area contributed by atoms with Crippen LogP contribution in [0.25, 0.3) is 0 Å². The number of benzene rings is 2. The number of carbonyl (C=O) groups excluding carboxylic acids is 7. The van der Waals surface area contributed by atoms with E-state index in [-0.39, 0.29) is 70.1 Å². The fourth-order valence-corrected chi connectivity index (χ4v) is 4.47. The first kappa shape index (κ1) is 59.1. The molecule has 2 aromatic carbocycles. The number of alkyl carbamates (subject to hydrolysis) is 2. The summed E-state index contributed by atoms with van der Waals surface area (Å²) in [6.07, 6.45) is -1.47. The highest BCUT2D eigenvalue weighted by Gasteiger charge is 2.25. The van der Waals surface area contributed by atoms with E-state index in [1.54, 1.807) is 98.7 Å². The molecular formula is C43H66ClN5O14. The van der Waals surface area contributed by atoms with Crippen molar-refractivity contribution in [1.29, 1.82) is 0 Å². The average Bonchev–Trinajstić information content (AvgIpc) is 3.14. The molecule has 2 rings (SSSR count). The van der Waals surface area contributed by atoms with Gasteiger partial charge in [-0.2, -0.15) is 0 Å². The normalized spacial score (nSPS) is 12.2. The summed E-state index contributed by atoms with van der Waals surface area (Å²) in [5.74, 6) is -3.94. The minimum Gasteiger partial charge on any atom is -0.480 e. The lowest BCUT2D eigenvalue weighted by atomic mass is 10.1. The molecule has 9 N–H and O–H groups in total. The summed E-state index contributed by atoms with van der Waals surface area (Å²) in [6, 6.07) is 15.1. The molecule has 2 aromatic rings. The number of carboxylic acids is 1. The Hall–Kier alpha value is -5.95. The topological polar surface area (TPSA) is 305 Å². The number of rotatable bonds is 18.